The Kier molecular flexibility index (Phi) is 4.15. The van der Waals surface area contributed by atoms with Gasteiger partial charge in [0.25, 0.3) is 0 Å². The largest absolute Gasteiger partial charge is 0.327 e. The molecule has 1 unspecified atom stereocenters. The fraction of sp³-hybridized carbons (Fsp3) is 0.538. The van der Waals surface area contributed by atoms with Crippen LogP contribution in [0.5, 0.6) is 0 Å². The fourth-order valence-corrected chi connectivity index (χ4v) is 1.42. The van der Waals surface area contributed by atoms with Crippen molar-refractivity contribution in [2.45, 2.75) is 39.7 Å². The molecule has 1 nitrogen and oxygen atoms in total. The number of aryl methyl sites for hydroxylation is 1. The van der Waals surface area contributed by atoms with Crippen LogP contribution in [-0.2, 0) is 12.8 Å². The summed E-state index contributed by atoms with van der Waals surface area (Å²) in [7, 11) is 0. The number of nitrogens with two attached hydrogens (primary N) is 1. The van der Waals surface area contributed by atoms with Gasteiger partial charge in [-0.1, -0.05) is 45.0 Å². The van der Waals surface area contributed by atoms with E-state index in [4.69, 9.17) is 5.73 Å². The second-order valence-corrected chi connectivity index (χ2v) is 4.28. The predicted molar refractivity (Wildman–Crippen MR) is 62.3 cm³/mol. The second-order valence-electron chi connectivity index (χ2n) is 4.28. The summed E-state index contributed by atoms with van der Waals surface area (Å²) >= 11 is 0. The first-order chi connectivity index (χ1) is 6.63. The van der Waals surface area contributed by atoms with Crippen molar-refractivity contribution >= 4 is 0 Å². The molecule has 2 N–H and O–H groups in total. The van der Waals surface area contributed by atoms with Crippen LogP contribution in [0.4, 0.5) is 0 Å². The first kappa shape index (κ1) is 11.3. The van der Waals surface area contributed by atoms with Crippen LogP contribution < -0.4 is 5.73 Å². The average molecular weight is 191 g/mol. The molecule has 0 radical (unpaired) electrons. The molecule has 0 bridgehead atoms. The van der Waals surface area contributed by atoms with Crippen LogP contribution in [0, 0.1) is 5.92 Å². The van der Waals surface area contributed by atoms with E-state index in [0.717, 1.165) is 12.8 Å². The van der Waals surface area contributed by atoms with E-state index in [9.17, 15) is 0 Å². The molecule has 0 aliphatic heterocycles. The Morgan fingerprint density at radius 1 is 1.07 bits per heavy atom. The van der Waals surface area contributed by atoms with Crippen LogP contribution in [0.15, 0.2) is 24.3 Å². The zero-order valence-electron chi connectivity index (χ0n) is 9.46. The third kappa shape index (κ3) is 3.15. The minimum atomic E-state index is 0.280. The molecule has 0 amide bonds. The molecule has 1 heteroatoms. The van der Waals surface area contributed by atoms with E-state index in [1.165, 1.54) is 11.1 Å². The average Bonchev–Trinajstić information content (AvgIpc) is 2.19. The summed E-state index contributed by atoms with van der Waals surface area (Å²) in [6.45, 7) is 6.52. The first-order valence-corrected chi connectivity index (χ1v) is 5.47. The molecule has 0 aromatic heterocycles. The molecule has 1 aromatic rings. The number of hydrogen-bond acceptors (Lipinski definition) is 1. The molecule has 1 rings (SSSR count). The summed E-state index contributed by atoms with van der Waals surface area (Å²) in [5.41, 5.74) is 8.76. The topological polar surface area (TPSA) is 26.0 Å². The zero-order valence-corrected chi connectivity index (χ0v) is 9.46. The van der Waals surface area contributed by atoms with Crippen molar-refractivity contribution in [2.24, 2.45) is 11.7 Å². The van der Waals surface area contributed by atoms with Gasteiger partial charge in [-0.25, -0.2) is 0 Å². The second kappa shape index (κ2) is 5.16. The van der Waals surface area contributed by atoms with E-state index in [1.54, 1.807) is 0 Å². The Bertz CT molecular complexity index is 261. The molecule has 0 spiro atoms. The molecule has 0 saturated carbocycles. The molecule has 1 aromatic carbocycles. The van der Waals surface area contributed by atoms with E-state index >= 15 is 0 Å². The van der Waals surface area contributed by atoms with E-state index in [1.807, 2.05) is 0 Å². The monoisotopic (exact) mass is 191 g/mol. The van der Waals surface area contributed by atoms with Crippen molar-refractivity contribution in [3.8, 4) is 0 Å². The van der Waals surface area contributed by atoms with Gasteiger partial charge in [0.2, 0.25) is 0 Å². The molecule has 0 aliphatic rings. The highest BCUT2D eigenvalue weighted by Crippen LogP contribution is 2.10. The Hall–Kier alpha value is -0.820. The summed E-state index contributed by atoms with van der Waals surface area (Å²) < 4.78 is 0. The Morgan fingerprint density at radius 2 is 1.57 bits per heavy atom. The molecular weight excluding hydrogens is 170 g/mol. The van der Waals surface area contributed by atoms with Crippen molar-refractivity contribution in [3.63, 3.8) is 0 Å². The number of hydrogen-bond donors (Lipinski definition) is 1. The maximum absolute atomic E-state index is 6.02. The van der Waals surface area contributed by atoms with Crippen molar-refractivity contribution in [1.29, 1.82) is 0 Å². The highest BCUT2D eigenvalue weighted by atomic mass is 14.6. The van der Waals surface area contributed by atoms with E-state index in [0.29, 0.717) is 5.92 Å². The molecule has 0 heterocycles. The SMILES string of the molecule is CCc1ccc(CC(N)C(C)C)cc1. The number of rotatable bonds is 4. The highest BCUT2D eigenvalue weighted by Gasteiger charge is 2.07. The third-order valence-electron chi connectivity index (χ3n) is 2.76. The lowest BCUT2D eigenvalue weighted by Gasteiger charge is -2.15. The van der Waals surface area contributed by atoms with E-state index < -0.39 is 0 Å². The molecule has 14 heavy (non-hydrogen) atoms. The van der Waals surface area contributed by atoms with Crippen LogP contribution >= 0.6 is 0 Å². The minimum absolute atomic E-state index is 0.280. The van der Waals surface area contributed by atoms with Crippen LogP contribution in [0.2, 0.25) is 0 Å². The summed E-state index contributed by atoms with van der Waals surface area (Å²) in [4.78, 5) is 0. The normalized spacial score (nSPS) is 13.2. The van der Waals surface area contributed by atoms with Crippen LogP contribution in [0.1, 0.15) is 31.9 Å². The fourth-order valence-electron chi connectivity index (χ4n) is 1.42. The van der Waals surface area contributed by atoms with Gasteiger partial charge in [0, 0.05) is 6.04 Å². The lowest BCUT2D eigenvalue weighted by atomic mass is 9.97. The van der Waals surface area contributed by atoms with E-state index in [2.05, 4.69) is 45.0 Å². The minimum Gasteiger partial charge on any atom is -0.327 e. The number of benzene rings is 1. The van der Waals surface area contributed by atoms with E-state index in [-0.39, 0.29) is 6.04 Å². The molecule has 0 aliphatic carbocycles. The van der Waals surface area contributed by atoms with Crippen molar-refractivity contribution < 1.29 is 0 Å². The van der Waals surface area contributed by atoms with Crippen LogP contribution in [0.25, 0.3) is 0 Å². The van der Waals surface area contributed by atoms with Crippen LogP contribution in [-0.4, -0.2) is 6.04 Å². The summed E-state index contributed by atoms with van der Waals surface area (Å²) in [5.74, 6) is 0.556. The van der Waals surface area contributed by atoms with Crippen LogP contribution in [0.3, 0.4) is 0 Å². The third-order valence-corrected chi connectivity index (χ3v) is 2.76. The van der Waals surface area contributed by atoms with Gasteiger partial charge in [0.15, 0.2) is 0 Å². The molecule has 1 atom stereocenters. The standard InChI is InChI=1S/C13H21N/c1-4-11-5-7-12(8-6-11)9-13(14)10(2)3/h5-8,10,13H,4,9,14H2,1-3H3. The Labute approximate surface area is 87.3 Å². The van der Waals surface area contributed by atoms with Gasteiger partial charge in [0.1, 0.15) is 0 Å². The summed E-state index contributed by atoms with van der Waals surface area (Å²) in [5, 5.41) is 0. The van der Waals surface area contributed by atoms with Crippen molar-refractivity contribution in [2.75, 3.05) is 0 Å². The van der Waals surface area contributed by atoms with Gasteiger partial charge >= 0.3 is 0 Å². The molecular formula is C13H21N. The predicted octanol–water partition coefficient (Wildman–Crippen LogP) is 2.77. The quantitative estimate of drug-likeness (QED) is 0.778. The maximum atomic E-state index is 6.02. The lowest BCUT2D eigenvalue weighted by molar-refractivity contribution is 0.490. The lowest BCUT2D eigenvalue weighted by Crippen LogP contribution is -2.28. The summed E-state index contributed by atoms with van der Waals surface area (Å²) in [6.07, 6.45) is 2.10. The molecule has 0 fully saturated rings. The van der Waals surface area contributed by atoms with Gasteiger partial charge in [-0.05, 0) is 29.9 Å². The maximum Gasteiger partial charge on any atom is 0.0102 e. The van der Waals surface area contributed by atoms with Gasteiger partial charge in [-0.3, -0.25) is 0 Å². The first-order valence-electron chi connectivity index (χ1n) is 5.47. The smallest absolute Gasteiger partial charge is 0.0102 e. The summed E-state index contributed by atoms with van der Waals surface area (Å²) in [6, 6.07) is 9.06. The zero-order chi connectivity index (χ0) is 10.6. The van der Waals surface area contributed by atoms with Gasteiger partial charge in [-0.2, -0.15) is 0 Å². The van der Waals surface area contributed by atoms with Gasteiger partial charge in [-0.15, -0.1) is 0 Å². The molecule has 0 saturated heterocycles. The Balaban J connectivity index is 2.59. The Morgan fingerprint density at radius 3 is 2.00 bits per heavy atom. The van der Waals surface area contributed by atoms with Gasteiger partial charge < -0.3 is 5.73 Å². The highest BCUT2D eigenvalue weighted by molar-refractivity contribution is 5.23. The van der Waals surface area contributed by atoms with Crippen molar-refractivity contribution in [1.82, 2.24) is 0 Å². The van der Waals surface area contributed by atoms with Crippen molar-refractivity contribution in [3.05, 3.63) is 35.4 Å². The van der Waals surface area contributed by atoms with Gasteiger partial charge in [0.05, 0.1) is 0 Å². The molecule has 78 valence electrons.